The van der Waals surface area contributed by atoms with Gasteiger partial charge < -0.3 is 9.47 Å². The summed E-state index contributed by atoms with van der Waals surface area (Å²) in [5, 5.41) is 0. The number of esters is 2. The zero-order valence-electron chi connectivity index (χ0n) is 9.40. The molecule has 0 saturated carbocycles. The first kappa shape index (κ1) is 13.7. The van der Waals surface area contributed by atoms with Crippen LogP contribution in [0.25, 0.3) is 6.08 Å². The molecule has 0 N–H and O–H groups in total. The lowest BCUT2D eigenvalue weighted by Gasteiger charge is -2.04. The second-order valence-corrected chi connectivity index (χ2v) is 4.30. The van der Waals surface area contributed by atoms with E-state index in [1.165, 1.54) is 20.1 Å². The van der Waals surface area contributed by atoms with Gasteiger partial charge in [-0.05, 0) is 46.4 Å². The first-order valence-corrected chi connectivity index (χ1v) is 5.85. The number of carbonyl (C=O) groups is 2. The van der Waals surface area contributed by atoms with Gasteiger partial charge in [-0.2, -0.15) is 0 Å². The van der Waals surface area contributed by atoms with Crippen molar-refractivity contribution in [2.45, 2.75) is 6.92 Å². The summed E-state index contributed by atoms with van der Waals surface area (Å²) in [7, 11) is 1.32. The predicted molar refractivity (Wildman–Crippen MR) is 71.5 cm³/mol. The van der Waals surface area contributed by atoms with Gasteiger partial charge in [-0.15, -0.1) is 0 Å². The van der Waals surface area contributed by atoms with Crippen molar-refractivity contribution >= 4 is 40.6 Å². The Bertz CT molecular complexity index is 466. The van der Waals surface area contributed by atoms with Gasteiger partial charge >= 0.3 is 11.9 Å². The molecule has 17 heavy (non-hydrogen) atoms. The second kappa shape index (κ2) is 6.39. The van der Waals surface area contributed by atoms with Crippen LogP contribution >= 0.6 is 22.6 Å². The van der Waals surface area contributed by atoms with Gasteiger partial charge in [-0.25, -0.2) is 4.79 Å². The van der Waals surface area contributed by atoms with Gasteiger partial charge in [0, 0.05) is 13.0 Å². The van der Waals surface area contributed by atoms with Crippen molar-refractivity contribution in [2.75, 3.05) is 7.11 Å². The molecule has 4 nitrogen and oxygen atoms in total. The molecular formula is C12H11IO4. The number of ether oxygens (including phenoxy) is 2. The molecule has 1 rings (SSSR count). The Kier molecular flexibility index (Phi) is 5.14. The maximum atomic E-state index is 10.9. The summed E-state index contributed by atoms with van der Waals surface area (Å²) in [5.41, 5.74) is 0.829. The van der Waals surface area contributed by atoms with Crippen molar-refractivity contribution in [2.24, 2.45) is 0 Å². The smallest absolute Gasteiger partial charge is 0.330 e. The van der Waals surface area contributed by atoms with Crippen LogP contribution in [0.3, 0.4) is 0 Å². The molecule has 0 saturated heterocycles. The highest BCUT2D eigenvalue weighted by molar-refractivity contribution is 14.1. The minimum atomic E-state index is -0.413. The quantitative estimate of drug-likeness (QED) is 0.365. The molecular weight excluding hydrogens is 335 g/mol. The molecule has 0 amide bonds. The molecule has 5 heteroatoms. The maximum Gasteiger partial charge on any atom is 0.330 e. The van der Waals surface area contributed by atoms with E-state index in [2.05, 4.69) is 27.3 Å². The molecule has 90 valence electrons. The number of benzene rings is 1. The minimum Gasteiger partial charge on any atom is -0.466 e. The van der Waals surface area contributed by atoms with Crippen LogP contribution in [-0.2, 0) is 14.3 Å². The summed E-state index contributed by atoms with van der Waals surface area (Å²) < 4.78 is 10.3. The van der Waals surface area contributed by atoms with E-state index in [9.17, 15) is 9.59 Å². The average molecular weight is 346 g/mol. The summed E-state index contributed by atoms with van der Waals surface area (Å²) in [6.07, 6.45) is 2.96. The second-order valence-electron chi connectivity index (χ2n) is 3.14. The number of hydrogen-bond donors (Lipinski definition) is 0. The first-order valence-electron chi connectivity index (χ1n) is 4.77. The molecule has 0 aliphatic carbocycles. The lowest BCUT2D eigenvalue weighted by atomic mass is 10.2. The predicted octanol–water partition coefficient (Wildman–Crippen LogP) is 2.40. The monoisotopic (exact) mass is 346 g/mol. The maximum absolute atomic E-state index is 10.9. The van der Waals surface area contributed by atoms with Gasteiger partial charge in [-0.3, -0.25) is 4.79 Å². The summed E-state index contributed by atoms with van der Waals surface area (Å²) >= 11 is 2.06. The van der Waals surface area contributed by atoms with E-state index >= 15 is 0 Å². The number of methoxy groups -OCH3 is 1. The molecule has 0 fully saturated rings. The fraction of sp³-hybridized carbons (Fsp3) is 0.167. The van der Waals surface area contributed by atoms with Crippen molar-refractivity contribution in [3.63, 3.8) is 0 Å². The van der Waals surface area contributed by atoms with Crippen molar-refractivity contribution < 1.29 is 19.1 Å². The van der Waals surface area contributed by atoms with Crippen LogP contribution in [0, 0.1) is 3.57 Å². The topological polar surface area (TPSA) is 52.6 Å². The summed E-state index contributed by atoms with van der Waals surface area (Å²) in [4.78, 5) is 21.7. The van der Waals surface area contributed by atoms with Gasteiger partial charge in [0.15, 0.2) is 0 Å². The lowest BCUT2D eigenvalue weighted by molar-refractivity contribution is -0.135. The minimum absolute atomic E-state index is 0.360. The highest BCUT2D eigenvalue weighted by Crippen LogP contribution is 2.22. The molecule has 0 aliphatic rings. The Morgan fingerprint density at radius 1 is 1.35 bits per heavy atom. The van der Waals surface area contributed by atoms with E-state index in [1.54, 1.807) is 24.3 Å². The summed E-state index contributed by atoms with van der Waals surface area (Å²) in [5.74, 6) is -0.266. The number of rotatable bonds is 3. The van der Waals surface area contributed by atoms with Crippen molar-refractivity contribution in [3.8, 4) is 5.75 Å². The van der Waals surface area contributed by atoms with Gasteiger partial charge in [0.1, 0.15) is 5.75 Å². The average Bonchev–Trinajstić information content (AvgIpc) is 2.28. The van der Waals surface area contributed by atoms with Crippen LogP contribution in [0.4, 0.5) is 0 Å². The third-order valence-electron chi connectivity index (χ3n) is 1.82. The summed E-state index contributed by atoms with van der Waals surface area (Å²) in [6.45, 7) is 1.35. The van der Waals surface area contributed by atoms with Crippen LogP contribution in [0.15, 0.2) is 24.3 Å². The van der Waals surface area contributed by atoms with Gasteiger partial charge in [-0.1, -0.05) is 6.07 Å². The molecule has 0 unspecified atom stereocenters. The highest BCUT2D eigenvalue weighted by atomic mass is 127. The van der Waals surface area contributed by atoms with Gasteiger partial charge in [0.2, 0.25) is 0 Å². The van der Waals surface area contributed by atoms with Crippen molar-refractivity contribution in [1.29, 1.82) is 0 Å². The number of hydrogen-bond acceptors (Lipinski definition) is 4. The van der Waals surface area contributed by atoms with E-state index in [-0.39, 0.29) is 5.97 Å². The molecule has 0 heterocycles. The van der Waals surface area contributed by atoms with Crippen molar-refractivity contribution in [1.82, 2.24) is 0 Å². The Morgan fingerprint density at radius 3 is 2.59 bits per heavy atom. The normalized spacial score (nSPS) is 10.3. The van der Waals surface area contributed by atoms with E-state index in [0.717, 1.165) is 9.13 Å². The fourth-order valence-electron chi connectivity index (χ4n) is 1.09. The Hall–Kier alpha value is -1.37. The lowest BCUT2D eigenvalue weighted by Crippen LogP contribution is -2.02. The Morgan fingerprint density at radius 2 is 2.06 bits per heavy atom. The van der Waals surface area contributed by atoms with Crippen LogP contribution in [0.2, 0.25) is 0 Å². The first-order chi connectivity index (χ1) is 8.02. The Balaban J connectivity index is 2.85. The number of carbonyl (C=O) groups excluding carboxylic acids is 2. The van der Waals surface area contributed by atoms with E-state index in [4.69, 9.17) is 4.74 Å². The largest absolute Gasteiger partial charge is 0.466 e. The Labute approximate surface area is 113 Å². The fourth-order valence-corrected chi connectivity index (χ4v) is 1.74. The third kappa shape index (κ3) is 4.56. The molecule has 1 aromatic rings. The highest BCUT2D eigenvalue weighted by Gasteiger charge is 2.04. The molecule has 0 aromatic heterocycles. The standard InChI is InChI=1S/C12H11IO4/c1-8(14)17-11-5-3-9(7-10(11)13)4-6-12(15)16-2/h3-7H,1-2H3/b6-4+. The molecule has 0 bridgehead atoms. The van der Waals surface area contributed by atoms with Gasteiger partial charge in [0.05, 0.1) is 10.7 Å². The van der Waals surface area contributed by atoms with Crippen LogP contribution < -0.4 is 4.74 Å². The van der Waals surface area contributed by atoms with Gasteiger partial charge in [0.25, 0.3) is 0 Å². The van der Waals surface area contributed by atoms with Crippen molar-refractivity contribution in [3.05, 3.63) is 33.4 Å². The van der Waals surface area contributed by atoms with Crippen LogP contribution in [0.5, 0.6) is 5.75 Å². The van der Waals surface area contributed by atoms with E-state index in [1.807, 2.05) is 0 Å². The molecule has 0 radical (unpaired) electrons. The van der Waals surface area contributed by atoms with Crippen LogP contribution in [-0.4, -0.2) is 19.0 Å². The zero-order valence-corrected chi connectivity index (χ0v) is 11.6. The van der Waals surface area contributed by atoms with E-state index < -0.39 is 5.97 Å². The molecule has 0 aliphatic heterocycles. The SMILES string of the molecule is COC(=O)/C=C/c1ccc(OC(C)=O)c(I)c1. The third-order valence-corrected chi connectivity index (χ3v) is 2.67. The summed E-state index contributed by atoms with van der Waals surface area (Å²) in [6, 6.07) is 5.23. The van der Waals surface area contributed by atoms with Crippen LogP contribution in [0.1, 0.15) is 12.5 Å². The zero-order chi connectivity index (χ0) is 12.8. The molecule has 1 aromatic carbocycles. The number of halogens is 1. The molecule has 0 atom stereocenters. The van der Waals surface area contributed by atoms with E-state index in [0.29, 0.717) is 5.75 Å². The molecule has 0 spiro atoms.